The summed E-state index contributed by atoms with van der Waals surface area (Å²) in [6, 6.07) is 0.273. The van der Waals surface area contributed by atoms with Crippen LogP contribution in [0.4, 0.5) is 4.79 Å². The molecule has 25 heavy (non-hydrogen) atoms. The van der Waals surface area contributed by atoms with Gasteiger partial charge >= 0.3 is 6.16 Å². The van der Waals surface area contributed by atoms with Gasteiger partial charge in [0.2, 0.25) is 11.8 Å². The van der Waals surface area contributed by atoms with E-state index in [2.05, 4.69) is 5.32 Å². The number of aliphatic hydroxyl groups is 1. The summed E-state index contributed by atoms with van der Waals surface area (Å²) in [6.45, 7) is 4.37. The van der Waals surface area contributed by atoms with Crippen LogP contribution >= 0.6 is 11.8 Å². The molecule has 9 heteroatoms. The molecule has 3 aliphatic heterocycles. The first-order valence-corrected chi connectivity index (χ1v) is 9.46. The lowest BCUT2D eigenvalue weighted by Gasteiger charge is -2.44. The number of ether oxygens (including phenoxy) is 1. The molecule has 2 fully saturated rings. The van der Waals surface area contributed by atoms with Crippen molar-refractivity contribution in [2.45, 2.75) is 62.6 Å². The Morgan fingerprint density at radius 1 is 1.52 bits per heavy atom. The molecule has 6 atom stereocenters. The Hall–Kier alpha value is -1.29. The summed E-state index contributed by atoms with van der Waals surface area (Å²) >= 11 is 1.57. The molecule has 3 aliphatic rings. The number of carboxylic acid groups (broad SMARTS) is 1. The number of carbonyl (C=O) groups is 2. The van der Waals surface area contributed by atoms with Crippen molar-refractivity contribution in [1.82, 2.24) is 10.2 Å². The maximum absolute atomic E-state index is 12.3. The highest BCUT2D eigenvalue weighted by Gasteiger charge is 2.57. The number of nitrogens with two attached hydrogens (primary N) is 1. The monoisotopic (exact) mass is 371 g/mol. The Morgan fingerprint density at radius 2 is 2.24 bits per heavy atom. The summed E-state index contributed by atoms with van der Waals surface area (Å²) in [5.74, 6) is -0.635. The van der Waals surface area contributed by atoms with Gasteiger partial charge < -0.3 is 26.0 Å². The van der Waals surface area contributed by atoms with Gasteiger partial charge in [-0.1, -0.05) is 0 Å². The molecule has 5 N–H and O–H groups in total. The number of aliphatic hydroxyl groups excluding tert-OH is 1. The molecule has 0 aromatic rings. The molecule has 3 rings (SSSR count). The minimum Gasteiger partial charge on any atom is -0.449 e. The topological polar surface area (TPSA) is 125 Å². The van der Waals surface area contributed by atoms with Gasteiger partial charge in [-0.15, -0.1) is 11.8 Å². The molecule has 0 spiro atoms. The van der Waals surface area contributed by atoms with Crippen molar-refractivity contribution in [3.63, 3.8) is 0 Å². The summed E-state index contributed by atoms with van der Waals surface area (Å²) in [6.07, 6.45) is 0.179. The number of β-lactam (4-membered cyclic amide) rings is 1. The van der Waals surface area contributed by atoms with Crippen molar-refractivity contribution in [3.8, 4) is 0 Å². The molecule has 0 aromatic heterocycles. The molecular formula is C16H25N3O5S. The van der Waals surface area contributed by atoms with E-state index in [1.54, 1.807) is 18.7 Å². The lowest BCUT2D eigenvalue weighted by atomic mass is 9.84. The van der Waals surface area contributed by atoms with Crippen LogP contribution in [0.5, 0.6) is 0 Å². The number of hydrogen-bond acceptors (Lipinski definition) is 7. The van der Waals surface area contributed by atoms with Crippen LogP contribution in [0.1, 0.15) is 33.1 Å². The van der Waals surface area contributed by atoms with Crippen molar-refractivity contribution < 1.29 is 24.5 Å². The maximum atomic E-state index is 12.3. The quantitative estimate of drug-likeness (QED) is 0.396. The minimum atomic E-state index is -1.43. The lowest BCUT2D eigenvalue weighted by molar-refractivity contribution is -0.160. The van der Waals surface area contributed by atoms with Gasteiger partial charge in [-0.2, -0.15) is 0 Å². The average Bonchev–Trinajstić information content (AvgIpc) is 3.01. The van der Waals surface area contributed by atoms with Gasteiger partial charge in [0.15, 0.2) is 0 Å². The highest BCUT2D eigenvalue weighted by atomic mass is 32.2. The van der Waals surface area contributed by atoms with Crippen LogP contribution in [0.2, 0.25) is 0 Å². The van der Waals surface area contributed by atoms with E-state index < -0.39 is 18.2 Å². The van der Waals surface area contributed by atoms with E-state index >= 15 is 0 Å². The summed E-state index contributed by atoms with van der Waals surface area (Å²) in [5.41, 5.74) is 5.85. The molecule has 0 bridgehead atoms. The van der Waals surface area contributed by atoms with Gasteiger partial charge in [0.05, 0.1) is 18.1 Å². The molecule has 3 heterocycles. The zero-order valence-corrected chi connectivity index (χ0v) is 15.2. The largest absolute Gasteiger partial charge is 0.512 e. The molecule has 1 unspecified atom stereocenters. The lowest BCUT2D eigenvalue weighted by Crippen LogP contribution is -2.61. The van der Waals surface area contributed by atoms with E-state index in [4.69, 9.17) is 15.6 Å². The van der Waals surface area contributed by atoms with Crippen LogP contribution in [-0.2, 0) is 9.53 Å². The summed E-state index contributed by atoms with van der Waals surface area (Å²) in [5, 5.41) is 22.5. The van der Waals surface area contributed by atoms with Crippen molar-refractivity contribution >= 4 is 23.8 Å². The Labute approximate surface area is 150 Å². The van der Waals surface area contributed by atoms with Crippen molar-refractivity contribution in [3.05, 3.63) is 10.8 Å². The second kappa shape index (κ2) is 7.14. The van der Waals surface area contributed by atoms with Crippen LogP contribution in [0.25, 0.3) is 0 Å². The van der Waals surface area contributed by atoms with Crippen LogP contribution in [0.3, 0.4) is 0 Å². The Morgan fingerprint density at radius 3 is 2.84 bits per heavy atom. The first-order valence-electron chi connectivity index (χ1n) is 8.58. The summed E-state index contributed by atoms with van der Waals surface area (Å²) < 4.78 is 4.92. The fourth-order valence-corrected chi connectivity index (χ4v) is 5.38. The third-order valence-electron chi connectivity index (χ3n) is 4.97. The zero-order chi connectivity index (χ0) is 18.3. The number of thioether (sulfide) groups is 1. The normalized spacial score (nSPS) is 33.9. The highest BCUT2D eigenvalue weighted by molar-refractivity contribution is 8.03. The van der Waals surface area contributed by atoms with E-state index in [1.807, 2.05) is 6.92 Å². The van der Waals surface area contributed by atoms with E-state index in [1.165, 1.54) is 4.90 Å². The highest BCUT2D eigenvalue weighted by Crippen LogP contribution is 2.48. The van der Waals surface area contributed by atoms with Crippen LogP contribution in [0.15, 0.2) is 10.8 Å². The standard InChI is InChI=1S/C16H25N3O5S/c1-7(17)3-9-4-10(6-18-9)25-12-5-11-13(8(2)20)14(21)19(11)15(12)24-16(22)23/h7-11,13,18,20H,3-6,17H2,1-2H3,(H,22,23)/t7?,8-,9-,10+,11-,13-/m1/s1. The van der Waals surface area contributed by atoms with Crippen molar-refractivity contribution in [1.29, 1.82) is 0 Å². The molecule has 140 valence electrons. The van der Waals surface area contributed by atoms with Gasteiger partial charge in [-0.25, -0.2) is 4.79 Å². The number of nitrogens with zero attached hydrogens (tertiary/aromatic N) is 1. The van der Waals surface area contributed by atoms with Crippen molar-refractivity contribution in [2.75, 3.05) is 6.54 Å². The fourth-order valence-electron chi connectivity index (χ4n) is 3.96. The van der Waals surface area contributed by atoms with E-state index in [9.17, 15) is 14.7 Å². The zero-order valence-electron chi connectivity index (χ0n) is 14.3. The molecule has 0 aromatic carbocycles. The van der Waals surface area contributed by atoms with Crippen LogP contribution in [0, 0.1) is 5.92 Å². The molecule has 0 radical (unpaired) electrons. The van der Waals surface area contributed by atoms with Gasteiger partial charge in [-0.3, -0.25) is 9.69 Å². The smallest absolute Gasteiger partial charge is 0.449 e. The second-order valence-electron chi connectivity index (χ2n) is 7.14. The first-order chi connectivity index (χ1) is 11.8. The second-order valence-corrected chi connectivity index (χ2v) is 8.53. The summed E-state index contributed by atoms with van der Waals surface area (Å²) in [4.78, 5) is 25.4. The molecule has 1 amide bonds. The van der Waals surface area contributed by atoms with Gasteiger partial charge in [0.1, 0.15) is 0 Å². The van der Waals surface area contributed by atoms with E-state index in [0.717, 1.165) is 24.3 Å². The SMILES string of the molecule is CC(N)C[C@@H]1C[C@H](SC2=C(OC(=O)O)N3C(=O)[C@H]([C@@H](C)O)[C@H]3C2)CN1. The van der Waals surface area contributed by atoms with Gasteiger partial charge in [-0.05, 0) is 26.7 Å². The molecule has 0 saturated carbocycles. The molecule has 8 nitrogen and oxygen atoms in total. The number of fused-ring (bicyclic) bond motifs is 1. The van der Waals surface area contributed by atoms with Crippen LogP contribution in [-0.4, -0.2) is 63.2 Å². The minimum absolute atomic E-state index is 0.125. The Bertz CT molecular complexity index is 594. The first kappa shape index (κ1) is 18.5. The number of hydrogen-bond donors (Lipinski definition) is 4. The molecule has 2 saturated heterocycles. The maximum Gasteiger partial charge on any atom is 0.512 e. The number of amides is 1. The fraction of sp³-hybridized carbons (Fsp3) is 0.750. The third-order valence-corrected chi connectivity index (χ3v) is 6.29. The third kappa shape index (κ3) is 3.64. The summed E-state index contributed by atoms with van der Waals surface area (Å²) in [7, 11) is 0. The number of carbonyl (C=O) groups excluding carboxylic acids is 1. The molecular weight excluding hydrogens is 346 g/mol. The van der Waals surface area contributed by atoms with Gasteiger partial charge in [0.25, 0.3) is 0 Å². The van der Waals surface area contributed by atoms with E-state index in [-0.39, 0.29) is 29.1 Å². The number of rotatable bonds is 6. The Balaban J connectivity index is 1.70. The average molecular weight is 371 g/mol. The van der Waals surface area contributed by atoms with Crippen LogP contribution < -0.4 is 11.1 Å². The van der Waals surface area contributed by atoms with Crippen molar-refractivity contribution in [2.24, 2.45) is 11.7 Å². The van der Waals surface area contributed by atoms with E-state index in [0.29, 0.717) is 12.5 Å². The Kier molecular flexibility index (Phi) is 5.29. The predicted molar refractivity (Wildman–Crippen MR) is 92.6 cm³/mol. The van der Waals surface area contributed by atoms with Gasteiger partial charge in [0, 0.05) is 35.2 Å². The predicted octanol–water partition coefficient (Wildman–Crippen LogP) is 0.663. The number of nitrogens with one attached hydrogen (secondary N) is 1. The molecule has 0 aliphatic carbocycles.